The predicted octanol–water partition coefficient (Wildman–Crippen LogP) is -0.650. The summed E-state index contributed by atoms with van der Waals surface area (Å²) in [5.74, 6) is -1.11. The van der Waals surface area contributed by atoms with Crippen LogP contribution in [0.15, 0.2) is 0 Å². The van der Waals surface area contributed by atoms with Crippen LogP contribution < -0.4 is 5.48 Å². The van der Waals surface area contributed by atoms with Crippen LogP contribution in [0.1, 0.15) is 6.92 Å². The number of piperazine rings is 1. The molecule has 0 unspecified atom stereocenters. The van der Waals surface area contributed by atoms with Gasteiger partial charge in [-0.15, -0.1) is 0 Å². The molecule has 2 amide bonds. The minimum Gasteiger partial charge on any atom is -0.479 e. The lowest BCUT2D eigenvalue weighted by molar-refractivity contribution is -0.144. The Hall–Kier alpha value is -1.34. The molecular weight excluding hydrogens is 214 g/mol. The minimum absolute atomic E-state index is 0.378. The zero-order chi connectivity index (χ0) is 12.0. The van der Waals surface area contributed by atoms with E-state index in [1.54, 1.807) is 4.90 Å². The number of hydroxylamine groups is 1. The molecule has 1 aliphatic rings. The summed E-state index contributed by atoms with van der Waals surface area (Å²) in [4.78, 5) is 29.9. The fourth-order valence-corrected chi connectivity index (χ4v) is 1.49. The molecule has 0 atom stereocenters. The summed E-state index contributed by atoms with van der Waals surface area (Å²) in [5, 5.41) is 8.31. The third-order valence-corrected chi connectivity index (χ3v) is 2.46. The van der Waals surface area contributed by atoms with Gasteiger partial charge < -0.3 is 14.9 Å². The quantitative estimate of drug-likeness (QED) is 0.628. The Morgan fingerprint density at radius 3 is 2.44 bits per heavy atom. The molecule has 0 radical (unpaired) electrons. The van der Waals surface area contributed by atoms with Crippen LogP contribution in [0.3, 0.4) is 0 Å². The van der Waals surface area contributed by atoms with E-state index in [0.29, 0.717) is 13.1 Å². The number of carboxylic acids is 1. The molecule has 1 fully saturated rings. The molecule has 1 aliphatic heterocycles. The van der Waals surface area contributed by atoms with Gasteiger partial charge in [-0.2, -0.15) is 0 Å². The zero-order valence-corrected chi connectivity index (χ0v) is 9.31. The molecule has 0 bridgehead atoms. The maximum absolute atomic E-state index is 11.5. The topological polar surface area (TPSA) is 82.1 Å². The fourth-order valence-electron chi connectivity index (χ4n) is 1.49. The van der Waals surface area contributed by atoms with E-state index in [1.165, 1.54) is 0 Å². The SMILES string of the molecule is CCN1CCN(C(=O)NOCC(=O)O)CC1. The van der Waals surface area contributed by atoms with Gasteiger partial charge in [-0.25, -0.2) is 15.1 Å². The molecule has 1 rings (SSSR count). The highest BCUT2D eigenvalue weighted by atomic mass is 16.7. The van der Waals surface area contributed by atoms with E-state index in [0.717, 1.165) is 19.6 Å². The Kier molecular flexibility index (Phi) is 5.00. The number of nitrogens with zero attached hydrogens (tertiary/aromatic N) is 2. The molecule has 0 aromatic heterocycles. The van der Waals surface area contributed by atoms with Gasteiger partial charge in [0.25, 0.3) is 0 Å². The second-order valence-electron chi connectivity index (χ2n) is 3.51. The van der Waals surface area contributed by atoms with Gasteiger partial charge in [0, 0.05) is 26.2 Å². The maximum atomic E-state index is 11.5. The number of hydrogen-bond acceptors (Lipinski definition) is 4. The largest absolute Gasteiger partial charge is 0.479 e. The third-order valence-electron chi connectivity index (χ3n) is 2.46. The molecule has 1 heterocycles. The Labute approximate surface area is 93.9 Å². The van der Waals surface area contributed by atoms with Crippen LogP contribution >= 0.6 is 0 Å². The summed E-state index contributed by atoms with van der Waals surface area (Å²) in [5.41, 5.74) is 2.10. The lowest BCUT2D eigenvalue weighted by Gasteiger charge is -2.33. The minimum atomic E-state index is -1.11. The van der Waals surface area contributed by atoms with Gasteiger partial charge in [-0.05, 0) is 6.54 Å². The normalized spacial score (nSPS) is 17.2. The molecule has 16 heavy (non-hydrogen) atoms. The first-order chi connectivity index (χ1) is 7.63. The molecule has 0 spiro atoms. The lowest BCUT2D eigenvalue weighted by atomic mass is 10.3. The first-order valence-corrected chi connectivity index (χ1v) is 5.24. The van der Waals surface area contributed by atoms with E-state index in [4.69, 9.17) is 5.11 Å². The van der Waals surface area contributed by atoms with Gasteiger partial charge >= 0.3 is 12.0 Å². The van der Waals surface area contributed by atoms with E-state index >= 15 is 0 Å². The number of urea groups is 1. The maximum Gasteiger partial charge on any atom is 0.341 e. The van der Waals surface area contributed by atoms with Crippen molar-refractivity contribution >= 4 is 12.0 Å². The summed E-state index contributed by atoms with van der Waals surface area (Å²) < 4.78 is 0. The average Bonchev–Trinajstić information content (AvgIpc) is 2.28. The van der Waals surface area contributed by atoms with Crippen molar-refractivity contribution in [3.8, 4) is 0 Å². The van der Waals surface area contributed by atoms with Crippen molar-refractivity contribution in [2.45, 2.75) is 6.92 Å². The number of carbonyl (C=O) groups is 2. The summed E-state index contributed by atoms with van der Waals surface area (Å²) >= 11 is 0. The number of nitrogens with one attached hydrogen (secondary N) is 1. The van der Waals surface area contributed by atoms with Gasteiger partial charge in [-0.3, -0.25) is 4.84 Å². The Morgan fingerprint density at radius 2 is 1.94 bits per heavy atom. The standard InChI is InChI=1S/C9H17N3O4/c1-2-11-3-5-12(6-4-11)9(15)10-16-7-8(13)14/h2-7H2,1H3,(H,10,15)(H,13,14). The number of carbonyl (C=O) groups excluding carboxylic acids is 1. The van der Waals surface area contributed by atoms with Crippen molar-refractivity contribution in [1.29, 1.82) is 0 Å². The van der Waals surface area contributed by atoms with Crippen LogP contribution in [-0.2, 0) is 9.63 Å². The van der Waals surface area contributed by atoms with Crippen molar-refractivity contribution in [3.05, 3.63) is 0 Å². The molecule has 0 aromatic rings. The molecule has 1 saturated heterocycles. The summed E-state index contributed by atoms with van der Waals surface area (Å²) in [6, 6.07) is -0.378. The highest BCUT2D eigenvalue weighted by Crippen LogP contribution is 2.00. The molecule has 7 nitrogen and oxygen atoms in total. The van der Waals surface area contributed by atoms with Gasteiger partial charge in [0.15, 0.2) is 6.61 Å². The van der Waals surface area contributed by atoms with E-state index in [1.807, 2.05) is 0 Å². The average molecular weight is 231 g/mol. The van der Waals surface area contributed by atoms with E-state index in [2.05, 4.69) is 22.1 Å². The summed E-state index contributed by atoms with van der Waals surface area (Å²) in [6.07, 6.45) is 0. The Balaban J connectivity index is 2.20. The van der Waals surface area contributed by atoms with Crippen molar-refractivity contribution in [1.82, 2.24) is 15.3 Å². The second kappa shape index (κ2) is 6.29. The molecule has 7 heteroatoms. The Morgan fingerprint density at radius 1 is 1.31 bits per heavy atom. The molecule has 0 aromatic carbocycles. The monoisotopic (exact) mass is 231 g/mol. The number of hydrogen-bond donors (Lipinski definition) is 2. The van der Waals surface area contributed by atoms with Crippen LogP contribution in [0, 0.1) is 0 Å². The van der Waals surface area contributed by atoms with Crippen molar-refractivity contribution in [2.75, 3.05) is 39.3 Å². The van der Waals surface area contributed by atoms with E-state index in [-0.39, 0.29) is 6.03 Å². The Bertz CT molecular complexity index is 251. The highest BCUT2D eigenvalue weighted by molar-refractivity contribution is 5.73. The lowest BCUT2D eigenvalue weighted by Crippen LogP contribution is -2.51. The van der Waals surface area contributed by atoms with Gasteiger partial charge in [0.2, 0.25) is 0 Å². The van der Waals surface area contributed by atoms with E-state index in [9.17, 15) is 9.59 Å². The highest BCUT2D eigenvalue weighted by Gasteiger charge is 2.20. The van der Waals surface area contributed by atoms with Crippen molar-refractivity contribution < 1.29 is 19.5 Å². The van der Waals surface area contributed by atoms with Crippen molar-refractivity contribution in [2.24, 2.45) is 0 Å². The fraction of sp³-hybridized carbons (Fsp3) is 0.778. The molecule has 0 saturated carbocycles. The van der Waals surface area contributed by atoms with Crippen LogP contribution in [0.25, 0.3) is 0 Å². The van der Waals surface area contributed by atoms with Crippen LogP contribution in [-0.4, -0.2) is 66.2 Å². The van der Waals surface area contributed by atoms with Crippen molar-refractivity contribution in [3.63, 3.8) is 0 Å². The molecule has 92 valence electrons. The van der Waals surface area contributed by atoms with Gasteiger partial charge in [0.1, 0.15) is 0 Å². The first kappa shape index (κ1) is 12.7. The van der Waals surface area contributed by atoms with Crippen LogP contribution in [0.5, 0.6) is 0 Å². The number of amides is 2. The predicted molar refractivity (Wildman–Crippen MR) is 55.8 cm³/mol. The number of aliphatic carboxylic acids is 1. The third kappa shape index (κ3) is 4.03. The first-order valence-electron chi connectivity index (χ1n) is 5.24. The van der Waals surface area contributed by atoms with Gasteiger partial charge in [-0.1, -0.05) is 6.92 Å². The smallest absolute Gasteiger partial charge is 0.341 e. The van der Waals surface area contributed by atoms with Crippen LogP contribution in [0.4, 0.5) is 4.79 Å². The number of likely N-dealkylation sites (N-methyl/N-ethyl adjacent to an activating group) is 1. The second-order valence-corrected chi connectivity index (χ2v) is 3.51. The molecule has 0 aliphatic carbocycles. The number of rotatable bonds is 4. The summed E-state index contributed by atoms with van der Waals surface area (Å²) in [7, 11) is 0. The summed E-state index contributed by atoms with van der Waals surface area (Å²) in [6.45, 7) is 5.47. The zero-order valence-electron chi connectivity index (χ0n) is 9.31. The molecule has 2 N–H and O–H groups in total. The molecular formula is C9H17N3O4. The van der Waals surface area contributed by atoms with E-state index < -0.39 is 12.6 Å². The van der Waals surface area contributed by atoms with Crippen LogP contribution in [0.2, 0.25) is 0 Å². The van der Waals surface area contributed by atoms with Gasteiger partial charge in [0.05, 0.1) is 0 Å². The number of carboxylic acid groups (broad SMARTS) is 1.